The van der Waals surface area contributed by atoms with Gasteiger partial charge in [-0.15, -0.1) is 0 Å². The van der Waals surface area contributed by atoms with Gasteiger partial charge in [-0.2, -0.15) is 0 Å². The number of aryl methyl sites for hydroxylation is 1. The minimum absolute atomic E-state index is 0.0680. The minimum Gasteiger partial charge on any atom is -0.457 e. The first-order chi connectivity index (χ1) is 16.2. The summed E-state index contributed by atoms with van der Waals surface area (Å²) < 4.78 is 8.23. The molecule has 4 rings (SSSR count). The second-order valence-electron chi connectivity index (χ2n) is 8.51. The number of hydrogen-bond donors (Lipinski definition) is 1. The van der Waals surface area contributed by atoms with Gasteiger partial charge in [0.2, 0.25) is 5.91 Å². The van der Waals surface area contributed by atoms with E-state index in [4.69, 9.17) is 4.74 Å². The lowest BCUT2D eigenvalue weighted by Crippen LogP contribution is -2.26. The Hall–Kier alpha value is -3.53. The Labute approximate surface area is 196 Å². The van der Waals surface area contributed by atoms with Crippen molar-refractivity contribution in [1.29, 1.82) is 0 Å². The molecule has 4 nitrogen and oxygen atoms in total. The van der Waals surface area contributed by atoms with Crippen LogP contribution in [-0.2, 0) is 11.8 Å². The number of para-hydroxylation sites is 2. The van der Waals surface area contributed by atoms with Crippen molar-refractivity contribution in [3.8, 4) is 11.5 Å². The fraction of sp³-hybridized carbons (Fsp3) is 0.276. The summed E-state index contributed by atoms with van der Waals surface area (Å²) in [5.74, 6) is 1.58. The third-order valence-corrected chi connectivity index (χ3v) is 6.03. The first-order valence-electron chi connectivity index (χ1n) is 11.8. The van der Waals surface area contributed by atoms with Crippen LogP contribution in [0.3, 0.4) is 0 Å². The van der Waals surface area contributed by atoms with Gasteiger partial charge in [0.25, 0.3) is 0 Å². The molecule has 1 atom stereocenters. The van der Waals surface area contributed by atoms with E-state index in [2.05, 4.69) is 66.5 Å². The third kappa shape index (κ3) is 5.64. The number of carbonyl (C=O) groups excluding carboxylic acids is 1. The van der Waals surface area contributed by atoms with Gasteiger partial charge in [0.05, 0.1) is 0 Å². The predicted octanol–water partition coefficient (Wildman–Crippen LogP) is 6.80. The number of unbranched alkanes of at least 4 members (excludes halogenated alkanes) is 2. The zero-order valence-corrected chi connectivity index (χ0v) is 19.5. The monoisotopic (exact) mass is 440 g/mol. The van der Waals surface area contributed by atoms with Crippen LogP contribution in [-0.4, -0.2) is 17.0 Å². The summed E-state index contributed by atoms with van der Waals surface area (Å²) in [6, 6.07) is 26.3. The zero-order chi connectivity index (χ0) is 23.0. The molecule has 1 unspecified atom stereocenters. The van der Waals surface area contributed by atoms with Crippen LogP contribution in [0.2, 0.25) is 0 Å². The van der Waals surface area contributed by atoms with Gasteiger partial charge in [0, 0.05) is 43.0 Å². The van der Waals surface area contributed by atoms with E-state index in [1.807, 2.05) is 42.5 Å². The molecule has 1 amide bonds. The number of carbonyl (C=O) groups is 1. The first kappa shape index (κ1) is 22.7. The first-order valence-corrected chi connectivity index (χ1v) is 11.8. The maximum absolute atomic E-state index is 12.9. The van der Waals surface area contributed by atoms with Crippen molar-refractivity contribution >= 4 is 16.8 Å². The Morgan fingerprint density at radius 1 is 0.939 bits per heavy atom. The van der Waals surface area contributed by atoms with Crippen LogP contribution >= 0.6 is 0 Å². The van der Waals surface area contributed by atoms with Crippen molar-refractivity contribution in [3.63, 3.8) is 0 Å². The van der Waals surface area contributed by atoms with Crippen LogP contribution < -0.4 is 10.1 Å². The number of aromatic nitrogens is 1. The number of hydrogen-bond acceptors (Lipinski definition) is 2. The van der Waals surface area contributed by atoms with Gasteiger partial charge in [-0.3, -0.25) is 4.79 Å². The molecule has 0 saturated carbocycles. The molecular weight excluding hydrogens is 408 g/mol. The zero-order valence-electron chi connectivity index (χ0n) is 19.5. The maximum Gasteiger partial charge on any atom is 0.220 e. The molecule has 1 N–H and O–H groups in total. The fourth-order valence-electron chi connectivity index (χ4n) is 4.34. The molecule has 4 heteroatoms. The molecule has 0 fully saturated rings. The van der Waals surface area contributed by atoms with E-state index in [-0.39, 0.29) is 11.8 Å². The molecular formula is C29H32N2O2. The average Bonchev–Trinajstić information content (AvgIpc) is 3.17. The van der Waals surface area contributed by atoms with Gasteiger partial charge < -0.3 is 14.6 Å². The molecule has 1 aromatic heterocycles. The number of amides is 1. The van der Waals surface area contributed by atoms with E-state index in [9.17, 15) is 4.79 Å². The van der Waals surface area contributed by atoms with Crippen LogP contribution in [0, 0.1) is 0 Å². The Morgan fingerprint density at radius 2 is 1.70 bits per heavy atom. The van der Waals surface area contributed by atoms with Crippen molar-refractivity contribution in [2.24, 2.45) is 7.05 Å². The average molecular weight is 441 g/mol. The largest absolute Gasteiger partial charge is 0.457 e. The van der Waals surface area contributed by atoms with Gasteiger partial charge in [-0.1, -0.05) is 68.3 Å². The van der Waals surface area contributed by atoms with Gasteiger partial charge in [0.15, 0.2) is 0 Å². The Morgan fingerprint density at radius 3 is 2.52 bits per heavy atom. The molecule has 0 spiro atoms. The van der Waals surface area contributed by atoms with Crippen LogP contribution in [0.5, 0.6) is 11.5 Å². The molecule has 0 aliphatic carbocycles. The SMILES string of the molecule is CCCCCNC(=O)CC(c1cccc(Oc2ccccc2)c1)c1cn(C)c2ccccc12. The predicted molar refractivity (Wildman–Crippen MR) is 135 cm³/mol. The van der Waals surface area contributed by atoms with Crippen LogP contribution in [0.15, 0.2) is 85.1 Å². The molecule has 3 aromatic carbocycles. The molecule has 0 aliphatic heterocycles. The van der Waals surface area contributed by atoms with Crippen molar-refractivity contribution < 1.29 is 9.53 Å². The number of rotatable bonds is 10. The van der Waals surface area contributed by atoms with Crippen molar-refractivity contribution in [1.82, 2.24) is 9.88 Å². The lowest BCUT2D eigenvalue weighted by Gasteiger charge is -2.18. The topological polar surface area (TPSA) is 43.3 Å². The highest BCUT2D eigenvalue weighted by Crippen LogP contribution is 2.36. The second kappa shape index (κ2) is 10.9. The summed E-state index contributed by atoms with van der Waals surface area (Å²) in [4.78, 5) is 12.9. The molecule has 0 radical (unpaired) electrons. The summed E-state index contributed by atoms with van der Waals surface area (Å²) in [6.07, 6.45) is 5.84. The van der Waals surface area contributed by atoms with E-state index in [0.29, 0.717) is 6.42 Å². The van der Waals surface area contributed by atoms with Gasteiger partial charge >= 0.3 is 0 Å². The van der Waals surface area contributed by atoms with Gasteiger partial charge in [-0.25, -0.2) is 0 Å². The number of nitrogens with one attached hydrogen (secondary N) is 1. The summed E-state index contributed by atoms with van der Waals surface area (Å²) in [5, 5.41) is 4.30. The number of ether oxygens (including phenoxy) is 1. The van der Waals surface area contributed by atoms with Gasteiger partial charge in [-0.05, 0) is 47.9 Å². The number of benzene rings is 3. The molecule has 4 aromatic rings. The van der Waals surface area contributed by atoms with Crippen LogP contribution in [0.1, 0.15) is 49.7 Å². The molecule has 0 bridgehead atoms. The van der Waals surface area contributed by atoms with E-state index in [1.54, 1.807) is 0 Å². The second-order valence-corrected chi connectivity index (χ2v) is 8.51. The van der Waals surface area contributed by atoms with Crippen LogP contribution in [0.4, 0.5) is 0 Å². The van der Waals surface area contributed by atoms with Crippen molar-refractivity contribution in [2.75, 3.05) is 6.54 Å². The minimum atomic E-state index is -0.0680. The molecule has 1 heterocycles. The highest BCUT2D eigenvalue weighted by Gasteiger charge is 2.22. The summed E-state index contributed by atoms with van der Waals surface area (Å²) in [5.41, 5.74) is 3.40. The molecule has 170 valence electrons. The van der Waals surface area contributed by atoms with E-state index >= 15 is 0 Å². The Kier molecular flexibility index (Phi) is 7.46. The summed E-state index contributed by atoms with van der Waals surface area (Å²) in [6.45, 7) is 2.90. The maximum atomic E-state index is 12.9. The van der Waals surface area contributed by atoms with Crippen molar-refractivity contribution in [3.05, 3.63) is 96.2 Å². The Balaban J connectivity index is 1.65. The van der Waals surface area contributed by atoms with Gasteiger partial charge in [0.1, 0.15) is 11.5 Å². The number of nitrogens with zero attached hydrogens (tertiary/aromatic N) is 1. The molecule has 0 saturated heterocycles. The third-order valence-electron chi connectivity index (χ3n) is 6.03. The normalized spacial score (nSPS) is 11.9. The summed E-state index contributed by atoms with van der Waals surface area (Å²) in [7, 11) is 2.06. The standard InChI is InChI=1S/C29H32N2O2/c1-3-4-10-18-30-29(32)20-26(27-21-31(2)28-17-9-8-16-25(27)28)22-12-11-15-24(19-22)33-23-13-6-5-7-14-23/h5-9,11-17,19,21,26H,3-4,10,18,20H2,1-2H3,(H,30,32). The van der Waals surface area contributed by atoms with E-state index in [1.165, 1.54) is 5.39 Å². The highest BCUT2D eigenvalue weighted by molar-refractivity contribution is 5.86. The highest BCUT2D eigenvalue weighted by atomic mass is 16.5. The quantitative estimate of drug-likeness (QED) is 0.276. The smallest absolute Gasteiger partial charge is 0.220 e. The molecule has 0 aliphatic rings. The lowest BCUT2D eigenvalue weighted by molar-refractivity contribution is -0.121. The fourth-order valence-corrected chi connectivity index (χ4v) is 4.34. The van der Waals surface area contributed by atoms with E-state index < -0.39 is 0 Å². The lowest BCUT2D eigenvalue weighted by atomic mass is 9.88. The van der Waals surface area contributed by atoms with Crippen molar-refractivity contribution in [2.45, 2.75) is 38.5 Å². The van der Waals surface area contributed by atoms with E-state index in [0.717, 1.165) is 53.9 Å². The number of fused-ring (bicyclic) bond motifs is 1. The molecule has 33 heavy (non-hydrogen) atoms. The summed E-state index contributed by atoms with van der Waals surface area (Å²) >= 11 is 0. The Bertz CT molecular complexity index is 1200. The van der Waals surface area contributed by atoms with Crippen LogP contribution in [0.25, 0.3) is 10.9 Å².